The Balaban J connectivity index is 2.08. The van der Waals surface area contributed by atoms with Crippen LogP contribution in [0.3, 0.4) is 0 Å². The van der Waals surface area contributed by atoms with Crippen molar-refractivity contribution >= 4 is 22.5 Å². The average Bonchev–Trinajstić information content (AvgIpc) is 2.97. The van der Waals surface area contributed by atoms with Gasteiger partial charge in [0.1, 0.15) is 11.4 Å². The molecule has 21 heavy (non-hydrogen) atoms. The van der Waals surface area contributed by atoms with E-state index in [4.69, 9.17) is 10.2 Å². The van der Waals surface area contributed by atoms with Gasteiger partial charge in [0, 0.05) is 18.4 Å². The third-order valence-corrected chi connectivity index (χ3v) is 3.51. The third kappa shape index (κ3) is 2.76. The topological polar surface area (TPSA) is 55.3 Å². The summed E-state index contributed by atoms with van der Waals surface area (Å²) < 4.78 is 5.48. The molecular weight excluding hydrogens is 262 g/mol. The first-order valence-electron chi connectivity index (χ1n) is 7.16. The van der Waals surface area contributed by atoms with Crippen LogP contribution in [0, 0.1) is 6.92 Å². The van der Waals surface area contributed by atoms with Gasteiger partial charge in [-0.3, -0.25) is 0 Å². The van der Waals surface area contributed by atoms with Gasteiger partial charge < -0.3 is 15.1 Å². The summed E-state index contributed by atoms with van der Waals surface area (Å²) >= 11 is 0. The number of benzene rings is 1. The summed E-state index contributed by atoms with van der Waals surface area (Å²) in [4.78, 5) is 6.77. The number of hydrogen-bond donors (Lipinski definition) is 1. The lowest BCUT2D eigenvalue weighted by atomic mass is 10.2. The highest BCUT2D eigenvalue weighted by Gasteiger charge is 2.14. The Kier molecular flexibility index (Phi) is 3.88. The van der Waals surface area contributed by atoms with Gasteiger partial charge in [-0.1, -0.05) is 12.1 Å². The van der Waals surface area contributed by atoms with Gasteiger partial charge >= 0.3 is 0 Å². The number of fused-ring (bicyclic) bond motifs is 1. The molecule has 0 unspecified atom stereocenters. The van der Waals surface area contributed by atoms with E-state index in [0.717, 1.165) is 35.4 Å². The van der Waals surface area contributed by atoms with Crippen molar-refractivity contribution in [2.24, 2.45) is 5.73 Å². The fraction of sp³-hybridized carbons (Fsp3) is 0.235. The molecule has 2 aromatic heterocycles. The van der Waals surface area contributed by atoms with Gasteiger partial charge in [-0.15, -0.1) is 0 Å². The first-order chi connectivity index (χ1) is 10.3. The van der Waals surface area contributed by atoms with Crippen molar-refractivity contribution in [3.8, 4) is 0 Å². The Morgan fingerprint density at radius 2 is 2.14 bits per heavy atom. The van der Waals surface area contributed by atoms with Crippen molar-refractivity contribution < 1.29 is 4.42 Å². The van der Waals surface area contributed by atoms with Crippen LogP contribution in [-0.2, 0) is 0 Å². The fourth-order valence-corrected chi connectivity index (χ4v) is 2.50. The molecule has 3 rings (SSSR count). The summed E-state index contributed by atoms with van der Waals surface area (Å²) in [6.45, 7) is 3.58. The van der Waals surface area contributed by atoms with Gasteiger partial charge in [0.25, 0.3) is 0 Å². The predicted molar refractivity (Wildman–Crippen MR) is 85.9 cm³/mol. The van der Waals surface area contributed by atoms with Crippen LogP contribution in [0.25, 0.3) is 11.0 Å². The van der Waals surface area contributed by atoms with Crippen LogP contribution in [0.4, 0.5) is 11.5 Å². The Labute approximate surface area is 124 Å². The number of aryl methyl sites for hydroxylation is 1. The Hall–Kier alpha value is -2.33. The van der Waals surface area contributed by atoms with E-state index in [-0.39, 0.29) is 0 Å². The van der Waals surface area contributed by atoms with Gasteiger partial charge in [-0.2, -0.15) is 0 Å². The van der Waals surface area contributed by atoms with E-state index in [1.54, 1.807) is 12.5 Å². The Morgan fingerprint density at radius 1 is 1.24 bits per heavy atom. The molecule has 1 aromatic carbocycles. The fourth-order valence-electron chi connectivity index (χ4n) is 2.50. The highest BCUT2D eigenvalue weighted by molar-refractivity contribution is 5.90. The van der Waals surface area contributed by atoms with Crippen LogP contribution in [-0.4, -0.2) is 18.1 Å². The van der Waals surface area contributed by atoms with Crippen LogP contribution in [0.5, 0.6) is 0 Å². The van der Waals surface area contributed by atoms with Gasteiger partial charge in [0.15, 0.2) is 0 Å². The average molecular weight is 281 g/mol. The number of rotatable bonds is 5. The first kappa shape index (κ1) is 13.6. The molecule has 0 atom stereocenters. The van der Waals surface area contributed by atoms with Gasteiger partial charge in [-0.05, 0) is 49.7 Å². The monoisotopic (exact) mass is 281 g/mol. The summed E-state index contributed by atoms with van der Waals surface area (Å²) in [5.74, 6) is 0.917. The van der Waals surface area contributed by atoms with E-state index in [0.29, 0.717) is 6.54 Å². The molecule has 0 aliphatic heterocycles. The Bertz CT molecular complexity index is 735. The molecule has 0 radical (unpaired) electrons. The number of aromatic nitrogens is 1. The summed E-state index contributed by atoms with van der Waals surface area (Å²) in [7, 11) is 0. The lowest BCUT2D eigenvalue weighted by Gasteiger charge is -2.24. The molecule has 0 aliphatic rings. The SMILES string of the molecule is Cc1cccc(N(CCCN)c2nccc3occc23)c1. The van der Waals surface area contributed by atoms with Gasteiger partial charge in [0.05, 0.1) is 11.6 Å². The normalized spacial score (nSPS) is 11.0. The molecule has 0 aliphatic carbocycles. The lowest BCUT2D eigenvalue weighted by Crippen LogP contribution is -2.22. The molecule has 0 amide bonds. The zero-order chi connectivity index (χ0) is 14.7. The number of nitrogens with zero attached hydrogens (tertiary/aromatic N) is 2. The van der Waals surface area contributed by atoms with Crippen LogP contribution in [0.1, 0.15) is 12.0 Å². The van der Waals surface area contributed by atoms with Crippen molar-refractivity contribution in [1.29, 1.82) is 0 Å². The third-order valence-electron chi connectivity index (χ3n) is 3.51. The molecule has 0 bridgehead atoms. The highest BCUT2D eigenvalue weighted by atomic mass is 16.3. The van der Waals surface area contributed by atoms with E-state index < -0.39 is 0 Å². The lowest BCUT2D eigenvalue weighted by molar-refractivity contribution is 0.615. The van der Waals surface area contributed by atoms with Gasteiger partial charge in [-0.25, -0.2) is 4.98 Å². The molecule has 0 fully saturated rings. The minimum Gasteiger partial charge on any atom is -0.464 e. The number of furan rings is 1. The second-order valence-corrected chi connectivity index (χ2v) is 5.10. The standard InChI is InChI=1S/C17H19N3O/c1-13-4-2-5-14(12-13)20(10-3-8-18)17-15-7-11-21-16(15)6-9-19-17/h2,4-7,9,11-12H,3,8,10,18H2,1H3. The number of anilines is 2. The maximum atomic E-state index is 5.69. The first-order valence-corrected chi connectivity index (χ1v) is 7.16. The highest BCUT2D eigenvalue weighted by Crippen LogP contribution is 2.31. The maximum Gasteiger partial charge on any atom is 0.144 e. The summed E-state index contributed by atoms with van der Waals surface area (Å²) in [6.07, 6.45) is 4.39. The number of hydrogen-bond acceptors (Lipinski definition) is 4. The van der Waals surface area contributed by atoms with Crippen molar-refractivity contribution in [3.63, 3.8) is 0 Å². The predicted octanol–water partition coefficient (Wildman–Crippen LogP) is 3.62. The smallest absolute Gasteiger partial charge is 0.144 e. The summed E-state index contributed by atoms with van der Waals surface area (Å²) in [6, 6.07) is 12.3. The molecule has 3 aromatic rings. The summed E-state index contributed by atoms with van der Waals surface area (Å²) in [5, 5.41) is 1.02. The molecule has 0 saturated carbocycles. The van der Waals surface area contributed by atoms with E-state index >= 15 is 0 Å². The zero-order valence-corrected chi connectivity index (χ0v) is 12.1. The van der Waals surface area contributed by atoms with Crippen molar-refractivity contribution in [2.75, 3.05) is 18.0 Å². The van der Waals surface area contributed by atoms with Crippen LogP contribution >= 0.6 is 0 Å². The van der Waals surface area contributed by atoms with E-state index in [9.17, 15) is 0 Å². The Morgan fingerprint density at radius 3 is 2.95 bits per heavy atom. The molecule has 108 valence electrons. The zero-order valence-electron chi connectivity index (χ0n) is 12.1. The molecule has 4 nitrogen and oxygen atoms in total. The molecule has 4 heteroatoms. The van der Waals surface area contributed by atoms with Crippen LogP contribution < -0.4 is 10.6 Å². The minimum atomic E-state index is 0.656. The van der Waals surface area contributed by atoms with Crippen molar-refractivity contribution in [2.45, 2.75) is 13.3 Å². The van der Waals surface area contributed by atoms with Crippen LogP contribution in [0.15, 0.2) is 53.3 Å². The van der Waals surface area contributed by atoms with E-state index in [1.807, 2.05) is 12.1 Å². The van der Waals surface area contributed by atoms with Gasteiger partial charge in [0.2, 0.25) is 0 Å². The maximum absolute atomic E-state index is 5.69. The van der Waals surface area contributed by atoms with Crippen molar-refractivity contribution in [3.05, 3.63) is 54.4 Å². The molecule has 2 N–H and O–H groups in total. The molecular formula is C17H19N3O. The van der Waals surface area contributed by atoms with E-state index in [1.165, 1.54) is 5.56 Å². The van der Waals surface area contributed by atoms with Crippen molar-refractivity contribution in [1.82, 2.24) is 4.98 Å². The molecule has 0 saturated heterocycles. The minimum absolute atomic E-state index is 0.656. The quantitative estimate of drug-likeness (QED) is 0.776. The second-order valence-electron chi connectivity index (χ2n) is 5.10. The number of pyridine rings is 1. The summed E-state index contributed by atoms with van der Waals surface area (Å²) in [5.41, 5.74) is 8.90. The number of nitrogens with two attached hydrogens (primary N) is 1. The van der Waals surface area contributed by atoms with E-state index in [2.05, 4.69) is 41.1 Å². The largest absolute Gasteiger partial charge is 0.464 e. The molecule has 2 heterocycles. The second kappa shape index (κ2) is 5.97. The molecule has 0 spiro atoms. The van der Waals surface area contributed by atoms with Crippen LogP contribution in [0.2, 0.25) is 0 Å².